The number of hydrogen-bond acceptors (Lipinski definition) is 3. The van der Waals surface area contributed by atoms with Gasteiger partial charge in [-0.1, -0.05) is 42.5 Å². The first-order valence-corrected chi connectivity index (χ1v) is 11.6. The Balaban J connectivity index is 1.25. The first-order chi connectivity index (χ1) is 14.7. The zero-order valence-electron chi connectivity index (χ0n) is 18.2. The highest BCUT2D eigenvalue weighted by Gasteiger charge is 2.39. The molecule has 0 amide bonds. The molecule has 0 aliphatic heterocycles. The number of hydrogen-bond donors (Lipinski definition) is 1. The molecule has 2 fully saturated rings. The zero-order valence-corrected chi connectivity index (χ0v) is 18.2. The Morgan fingerprint density at radius 1 is 0.933 bits per heavy atom. The first kappa shape index (κ1) is 21.0. The van der Waals surface area contributed by atoms with Crippen LogP contribution in [-0.2, 0) is 16.1 Å². The number of methoxy groups -OCH3 is 1. The Kier molecular flexibility index (Phi) is 6.76. The van der Waals surface area contributed by atoms with E-state index in [-0.39, 0.29) is 5.97 Å². The van der Waals surface area contributed by atoms with Gasteiger partial charge < -0.3 is 10.1 Å². The van der Waals surface area contributed by atoms with Crippen LogP contribution >= 0.6 is 0 Å². The molecule has 0 radical (unpaired) electrons. The fraction of sp³-hybridized carbons (Fsp3) is 0.519. The van der Waals surface area contributed by atoms with E-state index in [1.54, 1.807) is 0 Å². The van der Waals surface area contributed by atoms with Crippen molar-refractivity contribution >= 4 is 11.7 Å². The Hall–Kier alpha value is -2.29. The third kappa shape index (κ3) is 5.24. The molecule has 3 nitrogen and oxygen atoms in total. The third-order valence-electron chi connectivity index (χ3n) is 7.62. The summed E-state index contributed by atoms with van der Waals surface area (Å²) in [7, 11) is 1.50. The van der Waals surface area contributed by atoms with Gasteiger partial charge in [-0.2, -0.15) is 0 Å². The average molecular weight is 406 g/mol. The molecule has 0 aromatic heterocycles. The predicted octanol–water partition coefficient (Wildman–Crippen LogP) is 6.70. The number of anilines is 1. The van der Waals surface area contributed by atoms with E-state index in [4.69, 9.17) is 4.74 Å². The second-order valence-electron chi connectivity index (χ2n) is 9.46. The van der Waals surface area contributed by atoms with Crippen molar-refractivity contribution < 1.29 is 9.53 Å². The van der Waals surface area contributed by atoms with E-state index in [9.17, 15) is 4.79 Å². The van der Waals surface area contributed by atoms with Gasteiger partial charge >= 0.3 is 5.97 Å². The first-order valence-electron chi connectivity index (χ1n) is 11.6. The summed E-state index contributed by atoms with van der Waals surface area (Å²) >= 11 is 0. The molecule has 0 atom stereocenters. The number of esters is 1. The smallest absolute Gasteiger partial charge is 0.305 e. The minimum Gasteiger partial charge on any atom is -0.469 e. The van der Waals surface area contributed by atoms with E-state index in [0.29, 0.717) is 23.7 Å². The fourth-order valence-corrected chi connectivity index (χ4v) is 5.55. The van der Waals surface area contributed by atoms with E-state index in [0.717, 1.165) is 6.54 Å². The molecule has 1 spiro atoms. The van der Waals surface area contributed by atoms with Crippen LogP contribution in [-0.4, -0.2) is 13.1 Å². The van der Waals surface area contributed by atoms with Gasteiger partial charge in [0.15, 0.2) is 0 Å². The molecule has 4 rings (SSSR count). The SMILES string of the molecule is COC(=O)CC1CCC2(CC1)CCC(c1ccc(NCc3ccccc3)cc1)CC2. The summed E-state index contributed by atoms with van der Waals surface area (Å²) in [5.74, 6) is 1.20. The zero-order chi connectivity index (χ0) is 20.8. The van der Waals surface area contributed by atoms with Crippen molar-refractivity contribution in [2.45, 2.75) is 70.3 Å². The molecule has 30 heavy (non-hydrogen) atoms. The van der Waals surface area contributed by atoms with Crippen LogP contribution in [0.1, 0.15) is 74.8 Å². The van der Waals surface area contributed by atoms with Gasteiger partial charge in [-0.25, -0.2) is 0 Å². The largest absolute Gasteiger partial charge is 0.469 e. The molecule has 2 saturated carbocycles. The third-order valence-corrected chi connectivity index (χ3v) is 7.62. The van der Waals surface area contributed by atoms with Gasteiger partial charge in [0.1, 0.15) is 0 Å². The number of nitrogens with one attached hydrogen (secondary N) is 1. The summed E-state index contributed by atoms with van der Waals surface area (Å²) in [5, 5.41) is 3.53. The number of ether oxygens (including phenoxy) is 1. The maximum absolute atomic E-state index is 11.6. The van der Waals surface area contributed by atoms with Crippen LogP contribution in [0.25, 0.3) is 0 Å². The molecule has 2 aromatic carbocycles. The molecular formula is C27H35NO2. The van der Waals surface area contributed by atoms with Gasteiger partial charge in [0.05, 0.1) is 7.11 Å². The van der Waals surface area contributed by atoms with Crippen LogP contribution in [0.15, 0.2) is 54.6 Å². The van der Waals surface area contributed by atoms with E-state index in [1.807, 2.05) is 0 Å². The van der Waals surface area contributed by atoms with Gasteiger partial charge in [0.2, 0.25) is 0 Å². The van der Waals surface area contributed by atoms with E-state index in [2.05, 4.69) is 59.9 Å². The summed E-state index contributed by atoms with van der Waals surface area (Å²) in [6.45, 7) is 0.864. The maximum atomic E-state index is 11.6. The number of rotatable bonds is 6. The van der Waals surface area contributed by atoms with Crippen LogP contribution in [0.4, 0.5) is 5.69 Å². The lowest BCUT2D eigenvalue weighted by molar-refractivity contribution is -0.142. The quantitative estimate of drug-likeness (QED) is 0.544. The number of benzene rings is 2. The maximum Gasteiger partial charge on any atom is 0.305 e. The second kappa shape index (κ2) is 9.68. The van der Waals surface area contributed by atoms with Crippen LogP contribution < -0.4 is 5.32 Å². The van der Waals surface area contributed by atoms with Crippen molar-refractivity contribution in [3.63, 3.8) is 0 Å². The Morgan fingerprint density at radius 3 is 2.20 bits per heavy atom. The summed E-state index contributed by atoms with van der Waals surface area (Å²) < 4.78 is 4.86. The van der Waals surface area contributed by atoms with Gasteiger partial charge in [-0.3, -0.25) is 4.79 Å². The molecule has 1 N–H and O–H groups in total. The Morgan fingerprint density at radius 2 is 1.57 bits per heavy atom. The lowest BCUT2D eigenvalue weighted by Gasteiger charge is -2.45. The Labute approximate surface area is 181 Å². The topological polar surface area (TPSA) is 38.3 Å². The van der Waals surface area contributed by atoms with Crippen LogP contribution in [0, 0.1) is 11.3 Å². The molecule has 2 aliphatic carbocycles. The Bertz CT molecular complexity index is 797. The molecule has 2 aromatic rings. The van der Waals surface area contributed by atoms with E-state index < -0.39 is 0 Å². The highest BCUT2D eigenvalue weighted by Crippen LogP contribution is 2.52. The van der Waals surface area contributed by atoms with Crippen molar-refractivity contribution in [3.05, 3.63) is 65.7 Å². The lowest BCUT2D eigenvalue weighted by atomic mass is 9.60. The number of carbonyl (C=O) groups is 1. The molecule has 0 unspecified atom stereocenters. The van der Waals surface area contributed by atoms with E-state index >= 15 is 0 Å². The number of carbonyl (C=O) groups excluding carboxylic acids is 1. The normalized spacial score (nSPS) is 26.3. The van der Waals surface area contributed by atoms with Crippen molar-refractivity contribution in [2.24, 2.45) is 11.3 Å². The summed E-state index contributed by atoms with van der Waals surface area (Å²) in [6, 6.07) is 19.7. The summed E-state index contributed by atoms with van der Waals surface area (Å²) in [5.41, 5.74) is 4.54. The van der Waals surface area contributed by atoms with Crippen molar-refractivity contribution in [1.29, 1.82) is 0 Å². The van der Waals surface area contributed by atoms with Crippen LogP contribution in [0.3, 0.4) is 0 Å². The average Bonchev–Trinajstić information content (AvgIpc) is 2.81. The van der Waals surface area contributed by atoms with Crippen LogP contribution in [0.2, 0.25) is 0 Å². The lowest BCUT2D eigenvalue weighted by Crippen LogP contribution is -2.32. The fourth-order valence-electron chi connectivity index (χ4n) is 5.55. The molecular weight excluding hydrogens is 370 g/mol. The van der Waals surface area contributed by atoms with Crippen molar-refractivity contribution in [3.8, 4) is 0 Å². The molecule has 2 aliphatic rings. The van der Waals surface area contributed by atoms with Gasteiger partial charge in [-0.15, -0.1) is 0 Å². The van der Waals surface area contributed by atoms with Gasteiger partial charge in [0.25, 0.3) is 0 Å². The molecule has 160 valence electrons. The predicted molar refractivity (Wildman–Crippen MR) is 122 cm³/mol. The highest BCUT2D eigenvalue weighted by molar-refractivity contribution is 5.69. The van der Waals surface area contributed by atoms with Gasteiger partial charge in [0, 0.05) is 18.7 Å². The van der Waals surface area contributed by atoms with Crippen molar-refractivity contribution in [2.75, 3.05) is 12.4 Å². The molecule has 0 saturated heterocycles. The summed E-state index contributed by atoms with van der Waals surface area (Å²) in [6.07, 6.45) is 10.9. The van der Waals surface area contributed by atoms with Crippen LogP contribution in [0.5, 0.6) is 0 Å². The standard InChI is InChI=1S/C27H35NO2/c1-30-26(29)19-21-11-15-27(16-12-21)17-13-24(14-18-27)23-7-9-25(10-8-23)28-20-22-5-3-2-4-6-22/h2-10,21,24,28H,11-20H2,1H3. The monoisotopic (exact) mass is 405 g/mol. The summed E-state index contributed by atoms with van der Waals surface area (Å²) in [4.78, 5) is 11.6. The minimum atomic E-state index is -0.0404. The van der Waals surface area contributed by atoms with Crippen molar-refractivity contribution in [1.82, 2.24) is 0 Å². The molecule has 0 bridgehead atoms. The second-order valence-corrected chi connectivity index (χ2v) is 9.46. The molecule has 0 heterocycles. The molecule has 3 heteroatoms. The minimum absolute atomic E-state index is 0.0404. The highest BCUT2D eigenvalue weighted by atomic mass is 16.5. The van der Waals surface area contributed by atoms with E-state index in [1.165, 1.54) is 75.3 Å². The van der Waals surface area contributed by atoms with Gasteiger partial charge in [-0.05, 0) is 91.9 Å².